The van der Waals surface area contributed by atoms with Crippen molar-refractivity contribution in [1.29, 1.82) is 0 Å². The molecule has 0 aliphatic carbocycles. The normalized spacial score (nSPS) is 11.5. The number of rotatable bonds is 9. The van der Waals surface area contributed by atoms with E-state index >= 15 is 0 Å². The van der Waals surface area contributed by atoms with Crippen LogP contribution < -0.4 is 20.3 Å². The van der Waals surface area contributed by atoms with Crippen molar-refractivity contribution in [2.24, 2.45) is 0 Å². The number of carbonyl (C=O) groups excluding carboxylic acids is 1. The van der Waals surface area contributed by atoms with Crippen LogP contribution in [-0.2, 0) is 11.3 Å². The highest BCUT2D eigenvalue weighted by molar-refractivity contribution is 5.80. The molecule has 1 N–H and O–H groups in total. The van der Waals surface area contributed by atoms with Crippen LogP contribution in [0.2, 0.25) is 0 Å². The summed E-state index contributed by atoms with van der Waals surface area (Å²) in [5.74, 6) is 0.965. The van der Waals surface area contributed by atoms with Crippen LogP contribution in [0.5, 0.6) is 11.5 Å². The number of hydrogen-bond acceptors (Lipinski definition) is 5. The highest BCUT2D eigenvalue weighted by Crippen LogP contribution is 2.20. The van der Waals surface area contributed by atoms with Gasteiger partial charge in [0.05, 0.1) is 18.8 Å². The lowest BCUT2D eigenvalue weighted by Crippen LogP contribution is -2.39. The molecule has 1 atom stereocenters. The molecule has 0 radical (unpaired) electrons. The Morgan fingerprint density at radius 3 is 2.60 bits per heavy atom. The Balaban J connectivity index is 1.55. The number of benzene rings is 2. The largest absolute Gasteiger partial charge is 0.494 e. The maximum absolute atomic E-state index is 12.3. The van der Waals surface area contributed by atoms with Gasteiger partial charge in [-0.15, -0.1) is 0 Å². The van der Waals surface area contributed by atoms with Gasteiger partial charge in [0.1, 0.15) is 11.5 Å². The molecule has 0 bridgehead atoms. The zero-order valence-electron chi connectivity index (χ0n) is 17.1. The Morgan fingerprint density at radius 1 is 1.07 bits per heavy atom. The first-order valence-electron chi connectivity index (χ1n) is 9.87. The molecular formula is C23H25N3O4. The number of amides is 1. The monoisotopic (exact) mass is 407 g/mol. The summed E-state index contributed by atoms with van der Waals surface area (Å²) < 4.78 is 12.5. The van der Waals surface area contributed by atoms with Gasteiger partial charge in [-0.3, -0.25) is 9.59 Å². The highest BCUT2D eigenvalue weighted by atomic mass is 16.5. The average molecular weight is 407 g/mol. The SMILES string of the molecule is CCOc1cccc(OC(C)C(=O)NCCn2nc(-c3ccccc3)ccc2=O)c1. The quantitative estimate of drug-likeness (QED) is 0.590. The van der Waals surface area contributed by atoms with E-state index in [0.717, 1.165) is 5.56 Å². The minimum Gasteiger partial charge on any atom is -0.494 e. The van der Waals surface area contributed by atoms with Crippen LogP contribution in [-0.4, -0.2) is 34.9 Å². The smallest absolute Gasteiger partial charge is 0.266 e. The lowest BCUT2D eigenvalue weighted by molar-refractivity contribution is -0.127. The predicted octanol–water partition coefficient (Wildman–Crippen LogP) is 2.89. The van der Waals surface area contributed by atoms with Gasteiger partial charge in [-0.1, -0.05) is 36.4 Å². The first kappa shape index (κ1) is 21.1. The summed E-state index contributed by atoms with van der Waals surface area (Å²) in [6.45, 7) is 4.65. The maximum Gasteiger partial charge on any atom is 0.266 e. The standard InChI is InChI=1S/C23H25N3O4/c1-3-29-19-10-7-11-20(16-19)30-17(2)23(28)24-14-15-26-22(27)13-12-21(25-26)18-8-5-4-6-9-18/h4-13,16-17H,3,14-15H2,1-2H3,(H,24,28). The molecule has 0 aliphatic rings. The van der Waals surface area contributed by atoms with Crippen molar-refractivity contribution >= 4 is 5.91 Å². The number of aromatic nitrogens is 2. The molecule has 30 heavy (non-hydrogen) atoms. The first-order chi connectivity index (χ1) is 14.6. The topological polar surface area (TPSA) is 82.4 Å². The Bertz CT molecular complexity index is 1030. The zero-order valence-corrected chi connectivity index (χ0v) is 17.1. The predicted molar refractivity (Wildman–Crippen MR) is 115 cm³/mol. The number of carbonyl (C=O) groups is 1. The summed E-state index contributed by atoms with van der Waals surface area (Å²) in [7, 11) is 0. The summed E-state index contributed by atoms with van der Waals surface area (Å²) in [6, 6.07) is 19.9. The van der Waals surface area contributed by atoms with Crippen molar-refractivity contribution in [2.45, 2.75) is 26.5 Å². The zero-order chi connectivity index (χ0) is 21.3. The van der Waals surface area contributed by atoms with E-state index in [9.17, 15) is 9.59 Å². The molecule has 1 unspecified atom stereocenters. The van der Waals surface area contributed by atoms with Gasteiger partial charge in [-0.2, -0.15) is 5.10 Å². The fourth-order valence-corrected chi connectivity index (χ4v) is 2.86. The van der Waals surface area contributed by atoms with Crippen molar-refractivity contribution in [2.75, 3.05) is 13.2 Å². The summed E-state index contributed by atoms with van der Waals surface area (Å²) in [6.07, 6.45) is -0.692. The number of nitrogens with one attached hydrogen (secondary N) is 1. The van der Waals surface area contributed by atoms with E-state index in [-0.39, 0.29) is 24.6 Å². The van der Waals surface area contributed by atoms with E-state index in [1.807, 2.05) is 49.4 Å². The minimum absolute atomic E-state index is 0.221. The summed E-state index contributed by atoms with van der Waals surface area (Å²) >= 11 is 0. The van der Waals surface area contributed by atoms with Gasteiger partial charge < -0.3 is 14.8 Å². The molecule has 1 aromatic heterocycles. The molecule has 7 nitrogen and oxygen atoms in total. The molecule has 0 saturated carbocycles. The molecule has 1 heterocycles. The molecule has 2 aromatic carbocycles. The lowest BCUT2D eigenvalue weighted by atomic mass is 10.1. The Morgan fingerprint density at radius 2 is 1.83 bits per heavy atom. The third-order valence-electron chi connectivity index (χ3n) is 4.36. The van der Waals surface area contributed by atoms with Crippen molar-refractivity contribution in [3.8, 4) is 22.8 Å². The van der Waals surface area contributed by atoms with Crippen LogP contribution in [0.4, 0.5) is 0 Å². The summed E-state index contributed by atoms with van der Waals surface area (Å²) in [4.78, 5) is 24.4. The van der Waals surface area contributed by atoms with Crippen LogP contribution in [0.15, 0.2) is 71.5 Å². The van der Waals surface area contributed by atoms with Crippen molar-refractivity contribution in [3.05, 3.63) is 77.1 Å². The van der Waals surface area contributed by atoms with Gasteiger partial charge in [0.2, 0.25) is 0 Å². The van der Waals surface area contributed by atoms with E-state index < -0.39 is 6.10 Å². The fraction of sp³-hybridized carbons (Fsp3) is 0.261. The van der Waals surface area contributed by atoms with Crippen LogP contribution in [0.25, 0.3) is 11.3 Å². The van der Waals surface area contributed by atoms with Crippen LogP contribution in [0.3, 0.4) is 0 Å². The Labute approximate surface area is 175 Å². The number of ether oxygens (including phenoxy) is 2. The second kappa shape index (κ2) is 10.2. The minimum atomic E-state index is -0.692. The van der Waals surface area contributed by atoms with Gasteiger partial charge in [0.15, 0.2) is 6.10 Å². The molecule has 3 rings (SSSR count). The molecule has 0 aliphatic heterocycles. The average Bonchev–Trinajstić information content (AvgIpc) is 2.76. The third-order valence-corrected chi connectivity index (χ3v) is 4.36. The number of hydrogen-bond donors (Lipinski definition) is 1. The van der Waals surface area contributed by atoms with Gasteiger partial charge in [-0.05, 0) is 32.0 Å². The van der Waals surface area contributed by atoms with Crippen LogP contribution in [0, 0.1) is 0 Å². The highest BCUT2D eigenvalue weighted by Gasteiger charge is 2.14. The maximum atomic E-state index is 12.3. The van der Waals surface area contributed by atoms with Gasteiger partial charge >= 0.3 is 0 Å². The molecular weight excluding hydrogens is 382 g/mol. The number of nitrogens with zero attached hydrogens (tertiary/aromatic N) is 2. The van der Waals surface area contributed by atoms with E-state index in [2.05, 4.69) is 10.4 Å². The molecule has 0 saturated heterocycles. The summed E-state index contributed by atoms with van der Waals surface area (Å²) in [5.41, 5.74) is 1.40. The molecule has 1 amide bonds. The van der Waals surface area contributed by atoms with Crippen molar-refractivity contribution in [3.63, 3.8) is 0 Å². The van der Waals surface area contributed by atoms with E-state index in [1.165, 1.54) is 10.7 Å². The van der Waals surface area contributed by atoms with Crippen LogP contribution >= 0.6 is 0 Å². The van der Waals surface area contributed by atoms with E-state index in [1.54, 1.807) is 25.1 Å². The Kier molecular flexibility index (Phi) is 7.21. The van der Waals surface area contributed by atoms with Gasteiger partial charge in [0, 0.05) is 24.2 Å². The van der Waals surface area contributed by atoms with E-state index in [4.69, 9.17) is 9.47 Å². The second-order valence-electron chi connectivity index (χ2n) is 6.60. The molecule has 3 aromatic rings. The summed E-state index contributed by atoms with van der Waals surface area (Å²) in [5, 5.41) is 7.17. The molecule has 0 spiro atoms. The molecule has 156 valence electrons. The van der Waals surface area contributed by atoms with Crippen molar-refractivity contribution < 1.29 is 14.3 Å². The first-order valence-corrected chi connectivity index (χ1v) is 9.87. The van der Waals surface area contributed by atoms with E-state index in [0.29, 0.717) is 23.8 Å². The van der Waals surface area contributed by atoms with Crippen molar-refractivity contribution in [1.82, 2.24) is 15.1 Å². The second-order valence-corrected chi connectivity index (χ2v) is 6.60. The Hall–Kier alpha value is -3.61. The van der Waals surface area contributed by atoms with Gasteiger partial charge in [0.25, 0.3) is 11.5 Å². The van der Waals surface area contributed by atoms with Gasteiger partial charge in [-0.25, -0.2) is 4.68 Å². The molecule has 0 fully saturated rings. The third kappa shape index (κ3) is 5.70. The van der Waals surface area contributed by atoms with Crippen LogP contribution in [0.1, 0.15) is 13.8 Å². The molecule has 7 heteroatoms. The fourth-order valence-electron chi connectivity index (χ4n) is 2.86. The lowest BCUT2D eigenvalue weighted by Gasteiger charge is -2.15.